The molecule has 4 heterocycles. The molecule has 0 bridgehead atoms. The van der Waals surface area contributed by atoms with Crippen molar-refractivity contribution in [3.05, 3.63) is 69.8 Å². The van der Waals surface area contributed by atoms with Crippen LogP contribution in [0, 0.1) is 13.8 Å². The fourth-order valence-corrected chi connectivity index (χ4v) is 8.93. The molecule has 0 radical (unpaired) electrons. The number of carbonyl (C=O) groups is 3. The summed E-state index contributed by atoms with van der Waals surface area (Å²) in [7, 11) is 0. The van der Waals surface area contributed by atoms with E-state index in [1.807, 2.05) is 19.1 Å². The first-order valence-corrected chi connectivity index (χ1v) is 24.1. The van der Waals surface area contributed by atoms with E-state index in [-0.39, 0.29) is 50.3 Å². The molecule has 4 fully saturated rings. The molecule has 6 rings (SSSR count). The van der Waals surface area contributed by atoms with Gasteiger partial charge in [0.1, 0.15) is 12.2 Å². The maximum absolute atomic E-state index is 12.7. The Bertz CT molecular complexity index is 2030. The van der Waals surface area contributed by atoms with E-state index >= 15 is 0 Å². The van der Waals surface area contributed by atoms with Gasteiger partial charge in [-0.25, -0.2) is 4.79 Å². The van der Waals surface area contributed by atoms with Gasteiger partial charge in [-0.05, 0) is 114 Å². The van der Waals surface area contributed by atoms with Gasteiger partial charge in [0.15, 0.2) is 0 Å². The minimum Gasteiger partial charge on any atom is -0.464 e. The molecule has 74 heavy (non-hydrogen) atoms. The van der Waals surface area contributed by atoms with E-state index in [9.17, 15) is 67.1 Å². The highest BCUT2D eigenvalue weighted by molar-refractivity contribution is 5.68. The number of aliphatic hydroxyl groups excluding tert-OH is 1. The van der Waals surface area contributed by atoms with Crippen LogP contribution in [0.5, 0.6) is 0 Å². The molecule has 25 heteroatoms. The van der Waals surface area contributed by atoms with Gasteiger partial charge in [-0.2, -0.15) is 52.7 Å². The normalized spacial score (nSPS) is 19.5. The van der Waals surface area contributed by atoms with Crippen LogP contribution in [-0.4, -0.2) is 152 Å². The SMILES string of the molecule is Cc1cc(COC2(C)CCN(C(=O)OC(C(F)(F)F)C(F)(F)F)CC2)cc(CN2CCC(OC=O)CC2)c1.Cc1cc(COC2(C)CCNCC2)cc(CN2CCC(OC=O)CC2)c1.OC(C(F)(F)F)C(F)(F)F. The van der Waals surface area contributed by atoms with Crippen molar-refractivity contribution in [2.75, 3.05) is 52.4 Å². The summed E-state index contributed by atoms with van der Waals surface area (Å²) in [5.41, 5.74) is 6.25. The van der Waals surface area contributed by atoms with Gasteiger partial charge in [0.2, 0.25) is 6.10 Å². The lowest BCUT2D eigenvalue weighted by Crippen LogP contribution is -2.51. The first-order chi connectivity index (χ1) is 34.4. The molecule has 2 N–H and O–H groups in total. The summed E-state index contributed by atoms with van der Waals surface area (Å²) in [6, 6.07) is 12.9. The third-order valence-electron chi connectivity index (χ3n) is 13.1. The molecule has 0 spiro atoms. The third kappa shape index (κ3) is 20.9. The summed E-state index contributed by atoms with van der Waals surface area (Å²) in [5.74, 6) is 0. The van der Waals surface area contributed by atoms with E-state index in [1.165, 1.54) is 16.7 Å². The molecule has 2 aromatic rings. The van der Waals surface area contributed by atoms with Gasteiger partial charge in [-0.3, -0.25) is 19.4 Å². The van der Waals surface area contributed by atoms with Gasteiger partial charge in [0.05, 0.1) is 24.4 Å². The number of likely N-dealkylation sites (tertiary alicyclic amines) is 3. The first-order valence-electron chi connectivity index (χ1n) is 24.1. The number of halogens is 12. The molecule has 1 amide bonds. The zero-order valence-corrected chi connectivity index (χ0v) is 41.7. The van der Waals surface area contributed by atoms with Crippen LogP contribution in [0.3, 0.4) is 0 Å². The number of piperidine rings is 4. The summed E-state index contributed by atoms with van der Waals surface area (Å²) in [6.45, 7) is 17.3. The van der Waals surface area contributed by atoms with Crippen molar-refractivity contribution in [2.24, 2.45) is 0 Å². The fourth-order valence-electron chi connectivity index (χ4n) is 8.93. The van der Waals surface area contributed by atoms with Crippen LogP contribution in [-0.2, 0) is 59.6 Å². The number of aliphatic hydroxyl groups is 1. The molecule has 13 nitrogen and oxygen atoms in total. The molecule has 0 unspecified atom stereocenters. The smallest absolute Gasteiger partial charge is 0.434 e. The number of rotatable bonds is 15. The van der Waals surface area contributed by atoms with Gasteiger partial charge in [-0.1, -0.05) is 47.5 Å². The van der Waals surface area contributed by atoms with Gasteiger partial charge in [-0.15, -0.1) is 0 Å². The minimum atomic E-state index is -5.75. The molecule has 2 aromatic carbocycles. The zero-order chi connectivity index (χ0) is 55.1. The Hall–Kier alpha value is -4.43. The summed E-state index contributed by atoms with van der Waals surface area (Å²) >= 11 is 0. The van der Waals surface area contributed by atoms with Gasteiger partial charge in [0, 0.05) is 52.4 Å². The summed E-state index contributed by atoms with van der Waals surface area (Å²) in [6.07, 6.45) is -26.8. The molecule has 4 aliphatic heterocycles. The molecule has 0 aromatic heterocycles. The van der Waals surface area contributed by atoms with Crippen LogP contribution >= 0.6 is 0 Å². The number of aryl methyl sites for hydroxylation is 2. The Morgan fingerprint density at radius 2 is 0.973 bits per heavy atom. The third-order valence-corrected chi connectivity index (χ3v) is 13.1. The van der Waals surface area contributed by atoms with E-state index in [0.717, 1.165) is 112 Å². The van der Waals surface area contributed by atoms with Crippen LogP contribution in [0.15, 0.2) is 36.4 Å². The molecule has 0 aliphatic carbocycles. The van der Waals surface area contributed by atoms with Crippen molar-refractivity contribution in [3.8, 4) is 0 Å². The van der Waals surface area contributed by atoms with Crippen LogP contribution < -0.4 is 5.32 Å². The van der Waals surface area contributed by atoms with Crippen LogP contribution in [0.4, 0.5) is 57.5 Å². The molecule has 0 saturated carbocycles. The quantitative estimate of drug-likeness (QED) is 0.0999. The Morgan fingerprint density at radius 3 is 1.31 bits per heavy atom. The average molecular weight is 1080 g/mol. The van der Waals surface area contributed by atoms with Gasteiger partial charge in [0.25, 0.3) is 19.0 Å². The van der Waals surface area contributed by atoms with Crippen LogP contribution in [0.1, 0.15) is 98.6 Å². The molecule has 4 aliphatic rings. The predicted molar refractivity (Wildman–Crippen MR) is 243 cm³/mol. The lowest BCUT2D eigenvalue weighted by atomic mass is 9.93. The average Bonchev–Trinajstić information content (AvgIpc) is 3.30. The number of benzene rings is 2. The number of hydrogen-bond acceptors (Lipinski definition) is 12. The monoisotopic (exact) mass is 1080 g/mol. The number of alkyl halides is 12. The summed E-state index contributed by atoms with van der Waals surface area (Å²) in [5, 5.41) is 10.9. The van der Waals surface area contributed by atoms with Crippen molar-refractivity contribution in [1.82, 2.24) is 20.0 Å². The fraction of sp³-hybridized carbons (Fsp3) is 0.694. The Kier molecular flexibility index (Phi) is 22.7. The molecule has 420 valence electrons. The van der Waals surface area contributed by atoms with Gasteiger partial charge >= 0.3 is 30.8 Å². The van der Waals surface area contributed by atoms with Crippen LogP contribution in [0.2, 0.25) is 0 Å². The van der Waals surface area contributed by atoms with Crippen LogP contribution in [0.25, 0.3) is 0 Å². The lowest BCUT2D eigenvalue weighted by molar-refractivity contribution is -0.309. The van der Waals surface area contributed by atoms with E-state index in [0.29, 0.717) is 19.6 Å². The predicted octanol–water partition coefficient (Wildman–Crippen LogP) is 9.40. The standard InChI is InChI=1S/C25H32F6N2O5.C21H32N2O3.C3H2F6O/c1-17-11-18(14-32-7-3-20(4-8-32)36-16-34)13-19(12-17)15-37-23(2)5-9-33(10-6-23)22(35)38-21(24(26,27)28)25(29,30)31;1-17-11-18(14-23-9-3-20(4-10-23)25-16-24)13-19(12-17)15-26-21(2)5-7-22-8-6-21;4-2(5,6)1(10)3(7,8)9/h11-13,16,20-21H,3-10,14-15H2,1-2H3;11-13,16,20,22H,3-10,14-15H2,1-2H3;1,10H. The number of ether oxygens (including phenoxy) is 5. The second-order valence-corrected chi connectivity index (χ2v) is 19.6. The Labute approximate surface area is 422 Å². The lowest BCUT2D eigenvalue weighted by Gasteiger charge is -2.39. The molecule has 0 atom stereocenters. The highest BCUT2D eigenvalue weighted by Gasteiger charge is 2.60. The van der Waals surface area contributed by atoms with E-state index in [2.05, 4.69) is 58.0 Å². The summed E-state index contributed by atoms with van der Waals surface area (Å²) < 4.78 is 168. The number of nitrogens with one attached hydrogen (secondary N) is 1. The topological polar surface area (TPSA) is 139 Å². The summed E-state index contributed by atoms with van der Waals surface area (Å²) in [4.78, 5) is 38.6. The van der Waals surface area contributed by atoms with Crippen molar-refractivity contribution in [1.29, 1.82) is 0 Å². The maximum atomic E-state index is 12.7. The Balaban J connectivity index is 0.000000283. The second kappa shape index (κ2) is 27.1. The first kappa shape index (κ1) is 62.1. The van der Waals surface area contributed by atoms with Crippen molar-refractivity contribution in [2.45, 2.75) is 166 Å². The Morgan fingerprint density at radius 1 is 0.608 bits per heavy atom. The zero-order valence-electron chi connectivity index (χ0n) is 41.7. The molecular formula is C49H66F12N4O9. The van der Waals surface area contributed by atoms with E-state index in [1.54, 1.807) is 6.92 Å². The number of carbonyl (C=O) groups excluding carboxylic acids is 3. The van der Waals surface area contributed by atoms with E-state index < -0.39 is 48.6 Å². The highest BCUT2D eigenvalue weighted by atomic mass is 19.4. The van der Waals surface area contributed by atoms with E-state index in [4.69, 9.17) is 24.1 Å². The minimum absolute atomic E-state index is 0.00434. The number of nitrogens with zero attached hydrogens (tertiary/aromatic N) is 3. The maximum Gasteiger partial charge on any atom is 0.434 e. The number of amides is 1. The highest BCUT2D eigenvalue weighted by Crippen LogP contribution is 2.37. The second-order valence-electron chi connectivity index (χ2n) is 19.6. The van der Waals surface area contributed by atoms with Crippen molar-refractivity contribution in [3.63, 3.8) is 0 Å². The van der Waals surface area contributed by atoms with Crippen molar-refractivity contribution < 1.29 is 95.9 Å². The largest absolute Gasteiger partial charge is 0.464 e. The molecule has 4 saturated heterocycles. The molecular weight excluding hydrogens is 1020 g/mol. The van der Waals surface area contributed by atoms with Gasteiger partial charge < -0.3 is 39.0 Å². The number of hydrogen-bond donors (Lipinski definition) is 2. The van der Waals surface area contributed by atoms with Crippen molar-refractivity contribution >= 4 is 19.0 Å².